The highest BCUT2D eigenvalue weighted by molar-refractivity contribution is 5.76. The first kappa shape index (κ1) is 57.1. The Morgan fingerprint density at radius 3 is 1.36 bits per heavy atom. The number of aliphatic hydroxyl groups is 11. The van der Waals surface area contributed by atoms with Crippen molar-refractivity contribution in [1.82, 2.24) is 5.32 Å². The molecule has 378 valence electrons. The third-order valence-corrected chi connectivity index (χ3v) is 12.7. The average Bonchev–Trinajstić information content (AvgIpc) is 3.29. The second-order valence-electron chi connectivity index (χ2n) is 17.9. The fourth-order valence-corrected chi connectivity index (χ4v) is 8.55. The minimum absolute atomic E-state index is 0.261. The first-order valence-corrected chi connectivity index (χ1v) is 24.3. The maximum Gasteiger partial charge on any atom is 0.220 e. The number of carbonyl (C=O) groups is 1. The number of ether oxygens (including phenoxy) is 6. The van der Waals surface area contributed by atoms with E-state index in [1.807, 2.05) is 0 Å². The lowest BCUT2D eigenvalue weighted by Gasteiger charge is -2.48. The van der Waals surface area contributed by atoms with E-state index >= 15 is 0 Å². The number of rotatable bonds is 33. The minimum atomic E-state index is -1.97. The van der Waals surface area contributed by atoms with Gasteiger partial charge in [-0.3, -0.25) is 4.79 Å². The summed E-state index contributed by atoms with van der Waals surface area (Å²) in [7, 11) is 0. The molecule has 3 aliphatic rings. The third-order valence-electron chi connectivity index (χ3n) is 12.7. The lowest BCUT2D eigenvalue weighted by atomic mass is 9.96. The Hall–Kier alpha value is -1.21. The summed E-state index contributed by atoms with van der Waals surface area (Å²) in [5.74, 6) is -0.262. The molecular weight excluding hydrogens is 842 g/mol. The second kappa shape index (κ2) is 31.8. The van der Waals surface area contributed by atoms with Gasteiger partial charge in [0.25, 0.3) is 0 Å². The molecule has 0 saturated carbocycles. The molecule has 3 heterocycles. The minimum Gasteiger partial charge on any atom is -0.394 e. The van der Waals surface area contributed by atoms with E-state index in [4.69, 9.17) is 28.4 Å². The predicted octanol–water partition coefficient (Wildman–Crippen LogP) is 0.529. The summed E-state index contributed by atoms with van der Waals surface area (Å²) in [6.45, 7) is 1.61. The Balaban J connectivity index is 1.52. The van der Waals surface area contributed by atoms with Gasteiger partial charge < -0.3 is 89.9 Å². The van der Waals surface area contributed by atoms with Crippen LogP contribution in [-0.4, -0.2) is 193 Å². The Bertz CT molecular complexity index is 1200. The van der Waals surface area contributed by atoms with Gasteiger partial charge in [-0.25, -0.2) is 0 Å². The molecule has 0 bridgehead atoms. The van der Waals surface area contributed by atoms with E-state index in [1.54, 1.807) is 0 Å². The van der Waals surface area contributed by atoms with E-state index in [2.05, 4.69) is 19.2 Å². The molecule has 0 aromatic carbocycles. The van der Waals surface area contributed by atoms with E-state index in [0.717, 1.165) is 44.9 Å². The molecule has 0 aliphatic carbocycles. The van der Waals surface area contributed by atoms with Gasteiger partial charge in [-0.2, -0.15) is 0 Å². The molecule has 0 spiro atoms. The fourth-order valence-electron chi connectivity index (χ4n) is 8.55. The largest absolute Gasteiger partial charge is 0.394 e. The summed E-state index contributed by atoms with van der Waals surface area (Å²) in [6, 6.07) is -0.874. The Labute approximate surface area is 379 Å². The van der Waals surface area contributed by atoms with Crippen molar-refractivity contribution >= 4 is 5.91 Å². The SMILES string of the molecule is CCCCCCCCCCCCCCCCCC(O)C(COC1OC(CO)C(OC2OC(CO)C(OC3OC(CO)C(O)C(O)C3O)C(O)C2O)C(O)C1O)NC(=O)CCCCCC. The number of hydrogen-bond donors (Lipinski definition) is 12. The molecule has 19 heteroatoms. The van der Waals surface area contributed by atoms with E-state index in [-0.39, 0.29) is 18.9 Å². The van der Waals surface area contributed by atoms with Gasteiger partial charge in [-0.1, -0.05) is 129 Å². The van der Waals surface area contributed by atoms with Crippen molar-refractivity contribution in [2.75, 3.05) is 26.4 Å². The highest BCUT2D eigenvalue weighted by Gasteiger charge is 2.53. The van der Waals surface area contributed by atoms with Gasteiger partial charge in [0.15, 0.2) is 18.9 Å². The predicted molar refractivity (Wildman–Crippen MR) is 231 cm³/mol. The molecule has 0 aromatic heterocycles. The quantitative estimate of drug-likeness (QED) is 0.0400. The van der Waals surface area contributed by atoms with E-state index in [9.17, 15) is 61.0 Å². The van der Waals surface area contributed by atoms with Crippen molar-refractivity contribution in [3.05, 3.63) is 0 Å². The summed E-state index contributed by atoms with van der Waals surface area (Å²) < 4.78 is 34.0. The molecule has 3 rings (SSSR count). The zero-order chi connectivity index (χ0) is 47.0. The maximum atomic E-state index is 12.9. The van der Waals surface area contributed by atoms with Crippen molar-refractivity contribution < 1.29 is 89.4 Å². The van der Waals surface area contributed by atoms with Gasteiger partial charge in [0.1, 0.15) is 73.2 Å². The van der Waals surface area contributed by atoms with Crippen LogP contribution in [0, 0.1) is 0 Å². The summed E-state index contributed by atoms with van der Waals surface area (Å²) >= 11 is 0. The highest BCUT2D eigenvalue weighted by Crippen LogP contribution is 2.33. The smallest absolute Gasteiger partial charge is 0.220 e. The standard InChI is InChI=1S/C45H85NO18/c1-3-5-7-9-10-11-12-13-14-15-16-17-18-19-20-22-29(50)28(46-33(51)23-21-8-6-4-2)27-59-43-39(57)36(54)41(31(25-48)61-43)64-45-40(58)37(55)42(32(26-49)62-45)63-44-38(56)35(53)34(52)30(24-47)60-44/h28-32,34-45,47-50,52-58H,3-27H2,1-2H3,(H,46,51). The van der Waals surface area contributed by atoms with Crippen molar-refractivity contribution in [3.63, 3.8) is 0 Å². The van der Waals surface area contributed by atoms with Crippen LogP contribution < -0.4 is 5.32 Å². The number of hydrogen-bond acceptors (Lipinski definition) is 18. The Kier molecular flexibility index (Phi) is 28.3. The van der Waals surface area contributed by atoms with Crippen LogP contribution in [-0.2, 0) is 33.2 Å². The zero-order valence-electron chi connectivity index (χ0n) is 38.3. The Morgan fingerprint density at radius 1 is 0.500 bits per heavy atom. The van der Waals surface area contributed by atoms with Crippen LogP contribution in [0.25, 0.3) is 0 Å². The molecule has 1 amide bonds. The fraction of sp³-hybridized carbons (Fsp3) is 0.978. The van der Waals surface area contributed by atoms with Crippen LogP contribution >= 0.6 is 0 Å². The number of nitrogens with one attached hydrogen (secondary N) is 1. The van der Waals surface area contributed by atoms with Crippen LogP contribution in [0.5, 0.6) is 0 Å². The monoisotopic (exact) mass is 928 g/mol. The van der Waals surface area contributed by atoms with E-state index in [0.29, 0.717) is 12.8 Å². The molecule has 19 nitrogen and oxygen atoms in total. The first-order valence-electron chi connectivity index (χ1n) is 24.3. The zero-order valence-corrected chi connectivity index (χ0v) is 38.3. The molecule has 64 heavy (non-hydrogen) atoms. The van der Waals surface area contributed by atoms with Gasteiger partial charge in [0.05, 0.1) is 38.6 Å². The van der Waals surface area contributed by atoms with Gasteiger partial charge in [0.2, 0.25) is 5.91 Å². The number of carbonyl (C=O) groups excluding carboxylic acids is 1. The molecule has 3 saturated heterocycles. The normalized spacial score (nSPS) is 34.4. The van der Waals surface area contributed by atoms with Crippen molar-refractivity contribution in [1.29, 1.82) is 0 Å². The molecular formula is C45H85NO18. The van der Waals surface area contributed by atoms with Crippen LogP contribution in [0.4, 0.5) is 0 Å². The number of unbranched alkanes of at least 4 members (excludes halogenated alkanes) is 17. The second-order valence-corrected chi connectivity index (χ2v) is 17.9. The Morgan fingerprint density at radius 2 is 0.891 bits per heavy atom. The summed E-state index contributed by atoms with van der Waals surface area (Å²) in [4.78, 5) is 12.9. The molecule has 0 radical (unpaired) electrons. The topological polar surface area (TPSA) is 307 Å². The molecule has 17 unspecified atom stereocenters. The first-order chi connectivity index (χ1) is 30.8. The van der Waals surface area contributed by atoms with Gasteiger partial charge >= 0.3 is 0 Å². The molecule has 17 atom stereocenters. The van der Waals surface area contributed by atoms with Crippen LogP contribution in [0.15, 0.2) is 0 Å². The summed E-state index contributed by atoms with van der Waals surface area (Å²) in [6.07, 6.45) is -4.14. The number of amides is 1. The summed E-state index contributed by atoms with van der Waals surface area (Å²) in [5, 5.41) is 119. The van der Waals surface area contributed by atoms with E-state index in [1.165, 1.54) is 70.6 Å². The van der Waals surface area contributed by atoms with Gasteiger partial charge in [-0.15, -0.1) is 0 Å². The summed E-state index contributed by atoms with van der Waals surface area (Å²) in [5.41, 5.74) is 0. The lowest BCUT2D eigenvalue weighted by molar-refractivity contribution is -0.379. The van der Waals surface area contributed by atoms with Crippen molar-refractivity contribution in [2.45, 2.75) is 253 Å². The number of aliphatic hydroxyl groups excluding tert-OH is 11. The van der Waals surface area contributed by atoms with E-state index < -0.39 is 124 Å². The molecule has 12 N–H and O–H groups in total. The van der Waals surface area contributed by atoms with Gasteiger partial charge in [-0.05, 0) is 12.8 Å². The maximum absolute atomic E-state index is 12.9. The third kappa shape index (κ3) is 18.4. The van der Waals surface area contributed by atoms with Crippen LogP contribution in [0.2, 0.25) is 0 Å². The van der Waals surface area contributed by atoms with Crippen molar-refractivity contribution in [3.8, 4) is 0 Å². The van der Waals surface area contributed by atoms with Crippen molar-refractivity contribution in [2.24, 2.45) is 0 Å². The molecule has 3 fully saturated rings. The van der Waals surface area contributed by atoms with Gasteiger partial charge in [0, 0.05) is 6.42 Å². The molecule has 3 aliphatic heterocycles. The lowest BCUT2D eigenvalue weighted by Crippen LogP contribution is -2.66. The average molecular weight is 928 g/mol. The molecule has 0 aromatic rings. The highest BCUT2D eigenvalue weighted by atomic mass is 16.8. The van der Waals surface area contributed by atoms with Crippen LogP contribution in [0.1, 0.15) is 149 Å². The van der Waals surface area contributed by atoms with Crippen LogP contribution in [0.3, 0.4) is 0 Å².